The molecule has 0 aromatic carbocycles. The number of nitrogens with zero attached hydrogens (tertiary/aromatic N) is 5. The Bertz CT molecular complexity index is 984. The maximum Gasteiger partial charge on any atom is 0.162 e. The molecule has 6 nitrogen and oxygen atoms in total. The summed E-state index contributed by atoms with van der Waals surface area (Å²) in [7, 11) is 1.88. The molecule has 118 valence electrons. The summed E-state index contributed by atoms with van der Waals surface area (Å²) in [5, 5.41) is 5.02. The molecule has 0 saturated heterocycles. The number of aromatic nitrogens is 5. The molecule has 0 saturated carbocycles. The van der Waals surface area contributed by atoms with E-state index in [2.05, 4.69) is 20.1 Å². The van der Waals surface area contributed by atoms with Crippen molar-refractivity contribution in [1.29, 1.82) is 0 Å². The van der Waals surface area contributed by atoms with Crippen molar-refractivity contribution >= 4 is 23.5 Å². The maximum atomic E-state index is 5.35. The summed E-state index contributed by atoms with van der Waals surface area (Å²) in [5.74, 6) is 1.42. The summed E-state index contributed by atoms with van der Waals surface area (Å²) in [6, 6.07) is 5.62. The van der Waals surface area contributed by atoms with Crippen LogP contribution in [-0.2, 0) is 7.05 Å². The van der Waals surface area contributed by atoms with Crippen molar-refractivity contribution in [2.45, 2.75) is 0 Å². The molecule has 4 rings (SSSR count). The van der Waals surface area contributed by atoms with E-state index in [0.717, 1.165) is 26.9 Å². The van der Waals surface area contributed by atoms with E-state index in [1.165, 1.54) is 0 Å². The van der Waals surface area contributed by atoms with Gasteiger partial charge in [0.05, 0.1) is 18.2 Å². The van der Waals surface area contributed by atoms with Gasteiger partial charge in [0.1, 0.15) is 0 Å². The summed E-state index contributed by atoms with van der Waals surface area (Å²) < 4.78 is 7.10. The highest BCUT2D eigenvalue weighted by atomic mass is 32.1. The van der Waals surface area contributed by atoms with E-state index < -0.39 is 0 Å². The highest BCUT2D eigenvalue weighted by Crippen LogP contribution is 2.26. The second kappa shape index (κ2) is 6.21. The largest absolute Gasteiger partial charge is 0.462 e. The van der Waals surface area contributed by atoms with E-state index in [4.69, 9.17) is 4.42 Å². The van der Waals surface area contributed by atoms with Gasteiger partial charge >= 0.3 is 0 Å². The van der Waals surface area contributed by atoms with E-state index in [1.54, 1.807) is 34.7 Å². The minimum absolute atomic E-state index is 0.643. The Labute approximate surface area is 142 Å². The van der Waals surface area contributed by atoms with Crippen LogP contribution in [0.4, 0.5) is 0 Å². The predicted molar refractivity (Wildman–Crippen MR) is 93.0 cm³/mol. The van der Waals surface area contributed by atoms with Gasteiger partial charge in [-0.2, -0.15) is 5.10 Å². The highest BCUT2D eigenvalue weighted by molar-refractivity contribution is 7.15. The molecule has 4 aromatic heterocycles. The lowest BCUT2D eigenvalue weighted by molar-refractivity contribution is 0.582. The Morgan fingerprint density at radius 2 is 2.12 bits per heavy atom. The number of aryl methyl sites for hydroxylation is 1. The molecule has 0 radical (unpaired) electrons. The van der Waals surface area contributed by atoms with Gasteiger partial charge in [0.2, 0.25) is 0 Å². The Morgan fingerprint density at radius 3 is 2.92 bits per heavy atom. The first-order valence-corrected chi connectivity index (χ1v) is 8.09. The molecule has 0 amide bonds. The average molecular weight is 335 g/mol. The Balaban J connectivity index is 1.56. The molecular weight excluding hydrogens is 322 g/mol. The number of thiazole rings is 1. The molecule has 0 aliphatic rings. The second-order valence-corrected chi connectivity index (χ2v) is 6.14. The Kier molecular flexibility index (Phi) is 3.76. The molecule has 0 atom stereocenters. The zero-order chi connectivity index (χ0) is 16.4. The zero-order valence-electron chi connectivity index (χ0n) is 12.8. The van der Waals surface area contributed by atoms with Gasteiger partial charge in [0, 0.05) is 36.1 Å². The van der Waals surface area contributed by atoms with Crippen molar-refractivity contribution in [2.75, 3.05) is 0 Å². The molecule has 0 unspecified atom stereocenters. The molecule has 0 aliphatic heterocycles. The highest BCUT2D eigenvalue weighted by Gasteiger charge is 2.06. The van der Waals surface area contributed by atoms with Crippen molar-refractivity contribution in [3.8, 4) is 22.0 Å². The molecule has 4 heterocycles. The van der Waals surface area contributed by atoms with Gasteiger partial charge in [0.15, 0.2) is 16.6 Å². The first kappa shape index (κ1) is 14.5. The maximum absolute atomic E-state index is 5.35. The number of rotatable bonds is 4. The average Bonchev–Trinajstić information content (AvgIpc) is 3.34. The molecular formula is C17H13N5OS. The zero-order valence-corrected chi connectivity index (χ0v) is 13.6. The molecule has 0 spiro atoms. The van der Waals surface area contributed by atoms with Crippen molar-refractivity contribution in [3.63, 3.8) is 0 Å². The molecule has 7 heteroatoms. The molecule has 0 N–H and O–H groups in total. The van der Waals surface area contributed by atoms with Crippen molar-refractivity contribution < 1.29 is 4.42 Å². The van der Waals surface area contributed by atoms with Crippen molar-refractivity contribution in [2.24, 2.45) is 7.05 Å². The third-order valence-corrected chi connectivity index (χ3v) is 4.30. The lowest BCUT2D eigenvalue weighted by Crippen LogP contribution is -1.89. The number of furan rings is 1. The van der Waals surface area contributed by atoms with Gasteiger partial charge in [-0.25, -0.2) is 15.0 Å². The van der Waals surface area contributed by atoms with E-state index in [9.17, 15) is 0 Å². The van der Waals surface area contributed by atoms with Crippen LogP contribution in [0.5, 0.6) is 0 Å². The van der Waals surface area contributed by atoms with E-state index in [0.29, 0.717) is 5.82 Å². The first-order valence-electron chi connectivity index (χ1n) is 7.28. The van der Waals surface area contributed by atoms with E-state index in [-0.39, 0.29) is 0 Å². The van der Waals surface area contributed by atoms with Crippen LogP contribution in [0.25, 0.3) is 34.2 Å². The lowest BCUT2D eigenvalue weighted by atomic mass is 10.2. The lowest BCUT2D eigenvalue weighted by Gasteiger charge is -1.97. The molecule has 4 aromatic rings. The van der Waals surface area contributed by atoms with Crippen LogP contribution in [0.3, 0.4) is 0 Å². The minimum atomic E-state index is 0.643. The first-order chi connectivity index (χ1) is 11.8. The number of hydrogen-bond acceptors (Lipinski definition) is 6. The molecule has 0 bridgehead atoms. The fraction of sp³-hybridized carbons (Fsp3) is 0.0588. The van der Waals surface area contributed by atoms with Gasteiger partial charge in [-0.3, -0.25) is 4.68 Å². The second-order valence-electron chi connectivity index (χ2n) is 5.08. The van der Waals surface area contributed by atoms with E-state index >= 15 is 0 Å². The van der Waals surface area contributed by atoms with Crippen LogP contribution in [0.2, 0.25) is 0 Å². The topological polar surface area (TPSA) is 69.6 Å². The standard InChI is InChI=1S/C17H13N5OS/c1-22-11-12(9-20-22)14-6-7-18-16(21-14)5-4-13-10-19-17(24-13)15-3-2-8-23-15/h2-11H,1H3/b5-4+. The normalized spacial score (nSPS) is 11.4. The Hall–Kier alpha value is -3.06. The van der Waals surface area contributed by atoms with Crippen LogP contribution in [-0.4, -0.2) is 24.7 Å². The Morgan fingerprint density at radius 1 is 1.17 bits per heavy atom. The molecule has 0 aliphatic carbocycles. The molecule has 0 fully saturated rings. The van der Waals surface area contributed by atoms with Crippen molar-refractivity contribution in [3.05, 3.63) is 60.0 Å². The van der Waals surface area contributed by atoms with Crippen molar-refractivity contribution in [1.82, 2.24) is 24.7 Å². The van der Waals surface area contributed by atoms with Gasteiger partial charge in [-0.15, -0.1) is 11.3 Å². The van der Waals surface area contributed by atoms with Crippen LogP contribution in [0.15, 0.2) is 53.7 Å². The predicted octanol–water partition coefficient (Wildman–Crippen LogP) is 3.76. The minimum Gasteiger partial charge on any atom is -0.462 e. The summed E-state index contributed by atoms with van der Waals surface area (Å²) in [5.41, 5.74) is 1.81. The fourth-order valence-corrected chi connectivity index (χ4v) is 2.99. The smallest absolute Gasteiger partial charge is 0.162 e. The van der Waals surface area contributed by atoms with Crippen LogP contribution in [0.1, 0.15) is 10.7 Å². The van der Waals surface area contributed by atoms with Gasteiger partial charge in [-0.05, 0) is 30.4 Å². The van der Waals surface area contributed by atoms with Crippen LogP contribution >= 0.6 is 11.3 Å². The summed E-state index contributed by atoms with van der Waals surface area (Å²) in [4.78, 5) is 14.2. The third kappa shape index (κ3) is 3.02. The summed E-state index contributed by atoms with van der Waals surface area (Å²) in [6.45, 7) is 0. The van der Waals surface area contributed by atoms with Gasteiger partial charge in [0.25, 0.3) is 0 Å². The third-order valence-electron chi connectivity index (χ3n) is 3.33. The SMILES string of the molecule is Cn1cc(-c2ccnc(/C=C/c3cnc(-c4ccco4)s3)n2)cn1. The van der Waals surface area contributed by atoms with Crippen LogP contribution < -0.4 is 0 Å². The van der Waals surface area contributed by atoms with Crippen LogP contribution in [0, 0.1) is 0 Å². The summed E-state index contributed by atoms with van der Waals surface area (Å²) >= 11 is 1.55. The van der Waals surface area contributed by atoms with Gasteiger partial charge in [-0.1, -0.05) is 0 Å². The van der Waals surface area contributed by atoms with Gasteiger partial charge < -0.3 is 4.42 Å². The summed E-state index contributed by atoms with van der Waals surface area (Å²) in [6.07, 6.45) is 12.7. The molecule has 24 heavy (non-hydrogen) atoms. The van der Waals surface area contributed by atoms with E-state index in [1.807, 2.05) is 49.8 Å². The number of hydrogen-bond donors (Lipinski definition) is 0. The monoisotopic (exact) mass is 335 g/mol. The fourth-order valence-electron chi connectivity index (χ4n) is 2.20. The quantitative estimate of drug-likeness (QED) is 0.568.